The zero-order valence-electron chi connectivity index (χ0n) is 7.30. The minimum atomic E-state index is 0.0282. The maximum Gasteiger partial charge on any atom is 0.0647 e. The fourth-order valence-corrected chi connectivity index (χ4v) is 0.817. The molecule has 1 atom stereocenters. The van der Waals surface area contributed by atoms with Gasteiger partial charge in [0.2, 0.25) is 0 Å². The van der Waals surface area contributed by atoms with Gasteiger partial charge in [0, 0.05) is 5.92 Å². The SMILES string of the molecule is C=C[C@@H](C=C(C)C)C(=C)CO. The summed E-state index contributed by atoms with van der Waals surface area (Å²) >= 11 is 0. The Morgan fingerprint density at radius 1 is 1.55 bits per heavy atom. The monoisotopic (exact) mass is 152 g/mol. The van der Waals surface area contributed by atoms with Gasteiger partial charge in [0.15, 0.2) is 0 Å². The van der Waals surface area contributed by atoms with Gasteiger partial charge in [-0.05, 0) is 19.4 Å². The fourth-order valence-electron chi connectivity index (χ4n) is 0.817. The number of rotatable bonds is 4. The zero-order chi connectivity index (χ0) is 8.85. The number of aliphatic hydroxyl groups excluding tert-OH is 1. The van der Waals surface area contributed by atoms with Crippen LogP contribution in [0.5, 0.6) is 0 Å². The minimum Gasteiger partial charge on any atom is -0.392 e. The maximum absolute atomic E-state index is 8.77. The Balaban J connectivity index is 4.29. The topological polar surface area (TPSA) is 20.2 Å². The van der Waals surface area contributed by atoms with Crippen molar-refractivity contribution in [1.29, 1.82) is 0 Å². The van der Waals surface area contributed by atoms with E-state index in [0.29, 0.717) is 0 Å². The minimum absolute atomic E-state index is 0.0282. The Morgan fingerprint density at radius 3 is 2.36 bits per heavy atom. The summed E-state index contributed by atoms with van der Waals surface area (Å²) in [6.07, 6.45) is 3.82. The third-order valence-corrected chi connectivity index (χ3v) is 1.44. The number of aliphatic hydroxyl groups is 1. The molecular formula is C10H16O. The van der Waals surface area contributed by atoms with Crippen molar-refractivity contribution in [2.75, 3.05) is 6.61 Å². The standard InChI is InChI=1S/C10H16O/c1-5-10(6-8(2)3)9(4)7-11/h5-6,10-11H,1,4,7H2,2-3H3/t10-/m0/s1. The lowest BCUT2D eigenvalue weighted by molar-refractivity contribution is 0.324. The van der Waals surface area contributed by atoms with Gasteiger partial charge in [0.1, 0.15) is 0 Å². The van der Waals surface area contributed by atoms with E-state index >= 15 is 0 Å². The largest absolute Gasteiger partial charge is 0.392 e. The van der Waals surface area contributed by atoms with Crippen LogP contribution < -0.4 is 0 Å². The van der Waals surface area contributed by atoms with E-state index in [4.69, 9.17) is 5.11 Å². The number of hydrogen-bond donors (Lipinski definition) is 1. The fraction of sp³-hybridized carbons (Fsp3) is 0.400. The number of allylic oxidation sites excluding steroid dienone is 3. The van der Waals surface area contributed by atoms with E-state index in [9.17, 15) is 0 Å². The van der Waals surface area contributed by atoms with Crippen LogP contribution in [-0.2, 0) is 0 Å². The molecule has 0 saturated carbocycles. The number of hydrogen-bond acceptors (Lipinski definition) is 1. The normalized spacial score (nSPS) is 11.9. The van der Waals surface area contributed by atoms with Crippen LogP contribution in [0.1, 0.15) is 13.8 Å². The summed E-state index contributed by atoms with van der Waals surface area (Å²) in [7, 11) is 0. The molecule has 1 N–H and O–H groups in total. The molecule has 0 aliphatic rings. The van der Waals surface area contributed by atoms with E-state index in [-0.39, 0.29) is 12.5 Å². The Bertz CT molecular complexity index is 173. The van der Waals surface area contributed by atoms with Gasteiger partial charge in [-0.1, -0.05) is 24.3 Å². The van der Waals surface area contributed by atoms with Crippen LogP contribution in [0.3, 0.4) is 0 Å². The van der Waals surface area contributed by atoms with Crippen molar-refractivity contribution < 1.29 is 5.11 Å². The van der Waals surface area contributed by atoms with Gasteiger partial charge in [0.05, 0.1) is 6.61 Å². The average molecular weight is 152 g/mol. The molecule has 0 aromatic heterocycles. The molecule has 1 nitrogen and oxygen atoms in total. The lowest BCUT2D eigenvalue weighted by Gasteiger charge is -2.08. The summed E-state index contributed by atoms with van der Waals surface area (Å²) in [4.78, 5) is 0. The first-order valence-corrected chi connectivity index (χ1v) is 3.68. The molecule has 0 saturated heterocycles. The molecule has 0 fully saturated rings. The summed E-state index contributed by atoms with van der Waals surface area (Å²) in [5, 5.41) is 8.77. The highest BCUT2D eigenvalue weighted by atomic mass is 16.3. The molecule has 0 amide bonds. The van der Waals surface area contributed by atoms with Crippen LogP contribution in [0, 0.1) is 5.92 Å². The Labute approximate surface area is 68.7 Å². The molecule has 0 aromatic rings. The average Bonchev–Trinajstić information content (AvgIpc) is 1.98. The first kappa shape index (κ1) is 10.2. The second-order valence-electron chi connectivity index (χ2n) is 2.82. The van der Waals surface area contributed by atoms with Gasteiger partial charge in [-0.15, -0.1) is 6.58 Å². The molecule has 0 rings (SSSR count). The van der Waals surface area contributed by atoms with E-state index in [1.807, 2.05) is 19.9 Å². The van der Waals surface area contributed by atoms with Crippen LogP contribution in [0.25, 0.3) is 0 Å². The molecule has 0 unspecified atom stereocenters. The van der Waals surface area contributed by atoms with Crippen LogP contribution in [0.2, 0.25) is 0 Å². The molecule has 0 aliphatic carbocycles. The zero-order valence-corrected chi connectivity index (χ0v) is 7.30. The molecule has 0 bridgehead atoms. The van der Waals surface area contributed by atoms with Crippen molar-refractivity contribution in [3.8, 4) is 0 Å². The van der Waals surface area contributed by atoms with E-state index in [2.05, 4.69) is 13.2 Å². The molecule has 11 heavy (non-hydrogen) atoms. The molecule has 0 spiro atoms. The van der Waals surface area contributed by atoms with Gasteiger partial charge >= 0.3 is 0 Å². The summed E-state index contributed by atoms with van der Waals surface area (Å²) in [5.74, 6) is 0.116. The van der Waals surface area contributed by atoms with Crippen LogP contribution in [0.15, 0.2) is 36.5 Å². The molecular weight excluding hydrogens is 136 g/mol. The lowest BCUT2D eigenvalue weighted by Crippen LogP contribution is -2.00. The second kappa shape index (κ2) is 4.91. The van der Waals surface area contributed by atoms with Crippen molar-refractivity contribution in [1.82, 2.24) is 0 Å². The first-order valence-electron chi connectivity index (χ1n) is 3.68. The molecule has 0 radical (unpaired) electrons. The summed E-state index contributed by atoms with van der Waals surface area (Å²) in [6.45, 7) is 11.5. The van der Waals surface area contributed by atoms with Crippen molar-refractivity contribution in [3.05, 3.63) is 36.5 Å². The Morgan fingerprint density at radius 2 is 2.09 bits per heavy atom. The predicted octanol–water partition coefficient (Wildman–Crippen LogP) is 2.30. The van der Waals surface area contributed by atoms with E-state index in [1.165, 1.54) is 5.57 Å². The summed E-state index contributed by atoms with van der Waals surface area (Å²) in [5.41, 5.74) is 2.01. The van der Waals surface area contributed by atoms with Gasteiger partial charge in [-0.3, -0.25) is 0 Å². The summed E-state index contributed by atoms with van der Waals surface area (Å²) < 4.78 is 0. The van der Waals surface area contributed by atoms with Gasteiger partial charge in [0.25, 0.3) is 0 Å². The van der Waals surface area contributed by atoms with E-state index in [1.54, 1.807) is 6.08 Å². The quantitative estimate of drug-likeness (QED) is 0.613. The van der Waals surface area contributed by atoms with Crippen molar-refractivity contribution in [2.24, 2.45) is 5.92 Å². The highest BCUT2D eigenvalue weighted by Crippen LogP contribution is 2.13. The Kier molecular flexibility index (Phi) is 4.55. The molecule has 0 heterocycles. The van der Waals surface area contributed by atoms with Crippen molar-refractivity contribution in [2.45, 2.75) is 13.8 Å². The molecule has 62 valence electrons. The molecule has 0 aliphatic heterocycles. The van der Waals surface area contributed by atoms with Gasteiger partial charge < -0.3 is 5.11 Å². The highest BCUT2D eigenvalue weighted by Gasteiger charge is 2.02. The Hall–Kier alpha value is -0.820. The molecule has 0 aromatic carbocycles. The summed E-state index contributed by atoms with van der Waals surface area (Å²) in [6, 6.07) is 0. The van der Waals surface area contributed by atoms with Crippen molar-refractivity contribution in [3.63, 3.8) is 0 Å². The van der Waals surface area contributed by atoms with Crippen LogP contribution in [0.4, 0.5) is 0 Å². The van der Waals surface area contributed by atoms with Crippen molar-refractivity contribution >= 4 is 0 Å². The first-order chi connectivity index (χ1) is 5.11. The second-order valence-corrected chi connectivity index (χ2v) is 2.82. The maximum atomic E-state index is 8.77. The van der Waals surface area contributed by atoms with Crippen LogP contribution in [-0.4, -0.2) is 11.7 Å². The van der Waals surface area contributed by atoms with Crippen LogP contribution >= 0.6 is 0 Å². The smallest absolute Gasteiger partial charge is 0.0647 e. The van der Waals surface area contributed by atoms with Gasteiger partial charge in [-0.2, -0.15) is 0 Å². The third kappa shape index (κ3) is 3.79. The highest BCUT2D eigenvalue weighted by molar-refractivity contribution is 5.18. The third-order valence-electron chi connectivity index (χ3n) is 1.44. The van der Waals surface area contributed by atoms with Gasteiger partial charge in [-0.25, -0.2) is 0 Å². The predicted molar refractivity (Wildman–Crippen MR) is 49.3 cm³/mol. The lowest BCUT2D eigenvalue weighted by atomic mass is 9.99. The van der Waals surface area contributed by atoms with E-state index in [0.717, 1.165) is 5.57 Å². The van der Waals surface area contributed by atoms with E-state index < -0.39 is 0 Å². The molecule has 1 heteroatoms.